The van der Waals surface area contributed by atoms with Gasteiger partial charge in [0.15, 0.2) is 0 Å². The summed E-state index contributed by atoms with van der Waals surface area (Å²) in [6.07, 6.45) is 5.36. The highest BCUT2D eigenvalue weighted by molar-refractivity contribution is 5.64. The molecule has 4 nitrogen and oxygen atoms in total. The van der Waals surface area contributed by atoms with E-state index in [2.05, 4.69) is 11.2 Å². The minimum atomic E-state index is -0.626. The number of nitro groups is 1. The number of anilines is 1. The normalized spacial score (nSPS) is 12.0. The highest BCUT2D eigenvalue weighted by Crippen LogP contribution is 2.28. The van der Waals surface area contributed by atoms with E-state index in [1.807, 2.05) is 13.8 Å². The van der Waals surface area contributed by atoms with E-state index in [-0.39, 0.29) is 23.3 Å². The predicted octanol–water partition coefficient (Wildman–Crippen LogP) is 3.11. The molecular weight excluding hydrogens is 235 g/mol. The zero-order valence-electron chi connectivity index (χ0n) is 10.5. The first-order chi connectivity index (χ1) is 8.36. The lowest BCUT2D eigenvalue weighted by Gasteiger charge is -2.18. The standard InChI is InChI=1S/C13H15FN2O2/c1-5-11(8(2)3)15-12-6-9(4)10(14)7-13(12)16(17)18/h1,6-8,11,15H,2-4H3. The topological polar surface area (TPSA) is 55.2 Å². The lowest BCUT2D eigenvalue weighted by atomic mass is 10.0. The number of benzene rings is 1. The predicted molar refractivity (Wildman–Crippen MR) is 68.9 cm³/mol. The minimum absolute atomic E-state index is 0.111. The molecule has 0 fully saturated rings. The molecule has 1 atom stereocenters. The van der Waals surface area contributed by atoms with E-state index in [4.69, 9.17) is 6.42 Å². The molecular formula is C13H15FN2O2. The largest absolute Gasteiger partial charge is 0.366 e. The first-order valence-electron chi connectivity index (χ1n) is 5.54. The van der Waals surface area contributed by atoms with Crippen molar-refractivity contribution >= 4 is 11.4 Å². The molecule has 1 N–H and O–H groups in total. The molecule has 96 valence electrons. The lowest BCUT2D eigenvalue weighted by Crippen LogP contribution is -2.24. The van der Waals surface area contributed by atoms with Gasteiger partial charge in [-0.2, -0.15) is 0 Å². The van der Waals surface area contributed by atoms with Crippen molar-refractivity contribution in [2.75, 3.05) is 5.32 Å². The fourth-order valence-corrected chi connectivity index (χ4v) is 1.51. The summed E-state index contributed by atoms with van der Waals surface area (Å²) >= 11 is 0. The van der Waals surface area contributed by atoms with Gasteiger partial charge in [0.25, 0.3) is 5.69 Å². The molecule has 0 aliphatic rings. The summed E-state index contributed by atoms with van der Waals surface area (Å²) in [6.45, 7) is 5.35. The van der Waals surface area contributed by atoms with Crippen LogP contribution < -0.4 is 5.32 Å². The molecule has 0 amide bonds. The Morgan fingerprint density at radius 1 is 1.50 bits per heavy atom. The molecule has 0 spiro atoms. The molecule has 0 aliphatic carbocycles. The molecule has 0 aromatic heterocycles. The van der Waals surface area contributed by atoms with Gasteiger partial charge in [0, 0.05) is 0 Å². The molecule has 0 heterocycles. The second-order valence-corrected chi connectivity index (χ2v) is 4.41. The van der Waals surface area contributed by atoms with E-state index in [0.717, 1.165) is 6.07 Å². The van der Waals surface area contributed by atoms with E-state index in [0.29, 0.717) is 5.56 Å². The van der Waals surface area contributed by atoms with Gasteiger partial charge >= 0.3 is 0 Å². The van der Waals surface area contributed by atoms with Gasteiger partial charge in [0.1, 0.15) is 11.5 Å². The monoisotopic (exact) mass is 250 g/mol. The molecule has 0 saturated heterocycles. The highest BCUT2D eigenvalue weighted by Gasteiger charge is 2.20. The number of nitro benzene ring substituents is 1. The van der Waals surface area contributed by atoms with E-state index in [1.165, 1.54) is 6.07 Å². The van der Waals surface area contributed by atoms with E-state index >= 15 is 0 Å². The number of aryl methyl sites for hydroxylation is 1. The van der Waals surface area contributed by atoms with Crippen LogP contribution in [0.15, 0.2) is 12.1 Å². The van der Waals surface area contributed by atoms with Crippen molar-refractivity contribution in [2.45, 2.75) is 26.8 Å². The molecule has 0 saturated carbocycles. The zero-order valence-corrected chi connectivity index (χ0v) is 10.5. The fourth-order valence-electron chi connectivity index (χ4n) is 1.51. The molecule has 1 rings (SSSR count). The van der Waals surface area contributed by atoms with E-state index in [1.54, 1.807) is 6.92 Å². The van der Waals surface area contributed by atoms with Gasteiger partial charge in [-0.15, -0.1) is 6.42 Å². The first-order valence-corrected chi connectivity index (χ1v) is 5.54. The number of nitrogens with one attached hydrogen (secondary N) is 1. The summed E-state index contributed by atoms with van der Waals surface area (Å²) in [4.78, 5) is 10.2. The molecule has 1 unspecified atom stereocenters. The number of rotatable bonds is 4. The van der Waals surface area contributed by atoms with Crippen LogP contribution in [-0.2, 0) is 0 Å². The van der Waals surface area contributed by atoms with Crippen molar-refractivity contribution in [3.63, 3.8) is 0 Å². The van der Waals surface area contributed by atoms with E-state index in [9.17, 15) is 14.5 Å². The number of terminal acetylenes is 1. The molecule has 1 aromatic carbocycles. The third-order valence-electron chi connectivity index (χ3n) is 2.63. The van der Waals surface area contributed by atoms with Crippen LogP contribution in [0.3, 0.4) is 0 Å². The second kappa shape index (κ2) is 5.50. The maximum atomic E-state index is 13.3. The molecule has 5 heteroatoms. The van der Waals surface area contributed by atoms with Crippen LogP contribution in [0.1, 0.15) is 19.4 Å². The average molecular weight is 250 g/mol. The van der Waals surface area contributed by atoms with Gasteiger partial charge in [0.2, 0.25) is 0 Å². The van der Waals surface area contributed by atoms with Crippen LogP contribution in [0.2, 0.25) is 0 Å². The quantitative estimate of drug-likeness (QED) is 0.507. The van der Waals surface area contributed by atoms with Crippen molar-refractivity contribution in [1.29, 1.82) is 0 Å². The molecule has 0 bridgehead atoms. The van der Waals surface area contributed by atoms with Gasteiger partial charge in [-0.1, -0.05) is 19.8 Å². The van der Waals surface area contributed by atoms with Crippen LogP contribution in [0, 0.1) is 41.1 Å². The average Bonchev–Trinajstić information content (AvgIpc) is 2.29. The van der Waals surface area contributed by atoms with Crippen LogP contribution in [0.4, 0.5) is 15.8 Å². The maximum Gasteiger partial charge on any atom is 0.295 e. The van der Waals surface area contributed by atoms with Crippen LogP contribution in [0.5, 0.6) is 0 Å². The zero-order chi connectivity index (χ0) is 13.9. The van der Waals surface area contributed by atoms with Gasteiger partial charge in [0.05, 0.1) is 17.0 Å². The van der Waals surface area contributed by atoms with Crippen LogP contribution in [0.25, 0.3) is 0 Å². The first kappa shape index (κ1) is 14.0. The summed E-state index contributed by atoms with van der Waals surface area (Å²) in [5.74, 6) is 2.03. The van der Waals surface area contributed by atoms with E-state index < -0.39 is 10.7 Å². The Bertz CT molecular complexity index is 506. The van der Waals surface area contributed by atoms with Crippen molar-refractivity contribution < 1.29 is 9.31 Å². The van der Waals surface area contributed by atoms with Crippen molar-refractivity contribution in [3.05, 3.63) is 33.6 Å². The lowest BCUT2D eigenvalue weighted by molar-refractivity contribution is -0.384. The molecule has 0 aliphatic heterocycles. The third kappa shape index (κ3) is 2.98. The summed E-state index contributed by atoms with van der Waals surface area (Å²) in [7, 11) is 0. The van der Waals surface area contributed by atoms with Gasteiger partial charge in [-0.25, -0.2) is 4.39 Å². The maximum absolute atomic E-state index is 13.3. The SMILES string of the molecule is C#CC(Nc1cc(C)c(F)cc1[N+](=O)[O-])C(C)C. The van der Waals surface area contributed by atoms with Crippen molar-refractivity contribution in [1.82, 2.24) is 0 Å². The van der Waals surface area contributed by atoms with Crippen LogP contribution in [-0.4, -0.2) is 11.0 Å². The third-order valence-corrected chi connectivity index (χ3v) is 2.63. The van der Waals surface area contributed by atoms with Gasteiger partial charge in [-0.3, -0.25) is 10.1 Å². The number of hydrogen-bond acceptors (Lipinski definition) is 3. The second-order valence-electron chi connectivity index (χ2n) is 4.41. The Hall–Kier alpha value is -2.09. The fraction of sp³-hybridized carbons (Fsp3) is 0.385. The van der Waals surface area contributed by atoms with Crippen molar-refractivity contribution in [3.8, 4) is 12.3 Å². The molecule has 0 radical (unpaired) electrons. The minimum Gasteiger partial charge on any atom is -0.366 e. The Labute approximate surface area is 105 Å². The Morgan fingerprint density at radius 3 is 2.56 bits per heavy atom. The summed E-state index contributed by atoms with van der Waals surface area (Å²) in [5.41, 5.74) is 0.275. The molecule has 18 heavy (non-hydrogen) atoms. The number of halogens is 1. The summed E-state index contributed by atoms with van der Waals surface area (Å²) in [6, 6.07) is 1.97. The van der Waals surface area contributed by atoms with Crippen molar-refractivity contribution in [2.24, 2.45) is 5.92 Å². The summed E-state index contributed by atoms with van der Waals surface area (Å²) < 4.78 is 13.3. The summed E-state index contributed by atoms with van der Waals surface area (Å²) in [5, 5.41) is 13.8. The van der Waals surface area contributed by atoms with Gasteiger partial charge in [-0.05, 0) is 24.5 Å². The molecule has 1 aromatic rings. The van der Waals surface area contributed by atoms with Gasteiger partial charge < -0.3 is 5.32 Å². The Balaban J connectivity index is 3.19. The van der Waals surface area contributed by atoms with Crippen LogP contribution >= 0.6 is 0 Å². The Morgan fingerprint density at radius 2 is 2.11 bits per heavy atom. The highest BCUT2D eigenvalue weighted by atomic mass is 19.1. The number of nitrogens with zero attached hydrogens (tertiary/aromatic N) is 1. The Kier molecular flexibility index (Phi) is 4.27. The number of hydrogen-bond donors (Lipinski definition) is 1. The smallest absolute Gasteiger partial charge is 0.295 e.